The van der Waals surface area contributed by atoms with Crippen molar-refractivity contribution in [2.45, 2.75) is 64.5 Å². The fourth-order valence-electron chi connectivity index (χ4n) is 4.26. The summed E-state index contributed by atoms with van der Waals surface area (Å²) in [5.74, 6) is 0.0895. The molecule has 3 amide bonds. The molecule has 1 saturated carbocycles. The van der Waals surface area contributed by atoms with Crippen LogP contribution in [-0.2, 0) is 14.4 Å². The van der Waals surface area contributed by atoms with Gasteiger partial charge in [0.1, 0.15) is 11.8 Å². The van der Waals surface area contributed by atoms with Crippen LogP contribution >= 0.6 is 0 Å². The second-order valence-corrected chi connectivity index (χ2v) is 8.78. The number of methoxy groups -OCH3 is 1. The summed E-state index contributed by atoms with van der Waals surface area (Å²) in [5.41, 5.74) is 0.744. The summed E-state index contributed by atoms with van der Waals surface area (Å²) in [6, 6.07) is 6.86. The predicted octanol–water partition coefficient (Wildman–Crippen LogP) is 2.64. The van der Waals surface area contributed by atoms with Crippen LogP contribution in [0.3, 0.4) is 0 Å². The van der Waals surface area contributed by atoms with Gasteiger partial charge >= 0.3 is 0 Å². The Morgan fingerprint density at radius 2 is 1.83 bits per heavy atom. The van der Waals surface area contributed by atoms with Gasteiger partial charge in [0, 0.05) is 24.7 Å². The lowest BCUT2D eigenvalue weighted by Gasteiger charge is -2.24. The number of nitrogens with zero attached hydrogens (tertiary/aromatic N) is 1. The average Bonchev–Trinajstić information content (AvgIpc) is 3.36. The van der Waals surface area contributed by atoms with Gasteiger partial charge in [0.25, 0.3) is 0 Å². The largest absolute Gasteiger partial charge is 0.497 e. The Labute approximate surface area is 178 Å². The van der Waals surface area contributed by atoms with Crippen LogP contribution in [0.2, 0.25) is 0 Å². The van der Waals surface area contributed by atoms with E-state index < -0.39 is 12.0 Å². The van der Waals surface area contributed by atoms with Gasteiger partial charge in [-0.25, -0.2) is 0 Å². The first-order valence-electron chi connectivity index (χ1n) is 10.9. The van der Waals surface area contributed by atoms with Crippen molar-refractivity contribution in [3.8, 4) is 5.75 Å². The van der Waals surface area contributed by atoms with E-state index in [1.165, 1.54) is 0 Å². The molecule has 1 heterocycles. The monoisotopic (exact) mass is 415 g/mol. The lowest BCUT2D eigenvalue weighted by atomic mass is 10.0. The van der Waals surface area contributed by atoms with Gasteiger partial charge in [0.05, 0.1) is 13.0 Å². The van der Waals surface area contributed by atoms with Gasteiger partial charge in [-0.1, -0.05) is 26.7 Å². The molecule has 0 spiro atoms. The van der Waals surface area contributed by atoms with Crippen LogP contribution in [0, 0.1) is 11.8 Å². The Kier molecular flexibility index (Phi) is 7.34. The first kappa shape index (κ1) is 22.1. The van der Waals surface area contributed by atoms with Gasteiger partial charge in [-0.3, -0.25) is 14.4 Å². The highest BCUT2D eigenvalue weighted by Gasteiger charge is 2.37. The normalized spacial score (nSPS) is 20.5. The smallest absolute Gasteiger partial charge is 0.242 e. The fraction of sp³-hybridized carbons (Fsp3) is 0.609. The average molecular weight is 416 g/mol. The number of carbonyl (C=O) groups excluding carboxylic acids is 3. The number of hydrogen-bond donors (Lipinski definition) is 2. The first-order valence-corrected chi connectivity index (χ1v) is 10.9. The third kappa shape index (κ3) is 5.52. The zero-order chi connectivity index (χ0) is 21.7. The van der Waals surface area contributed by atoms with Crippen molar-refractivity contribution < 1.29 is 19.1 Å². The topological polar surface area (TPSA) is 87.7 Å². The second kappa shape index (κ2) is 9.96. The third-order valence-electron chi connectivity index (χ3n) is 5.92. The van der Waals surface area contributed by atoms with Crippen molar-refractivity contribution in [1.29, 1.82) is 0 Å². The van der Waals surface area contributed by atoms with E-state index in [2.05, 4.69) is 10.6 Å². The van der Waals surface area contributed by atoms with Crippen LogP contribution in [0.1, 0.15) is 52.4 Å². The highest BCUT2D eigenvalue weighted by molar-refractivity contribution is 6.01. The Morgan fingerprint density at radius 1 is 1.17 bits per heavy atom. The molecule has 1 aromatic rings. The minimum atomic E-state index is -0.566. The number of hydrogen-bond acceptors (Lipinski definition) is 4. The molecule has 0 unspecified atom stereocenters. The second-order valence-electron chi connectivity index (χ2n) is 8.78. The minimum absolute atomic E-state index is 0.0869. The maximum absolute atomic E-state index is 12.9. The molecule has 3 rings (SSSR count). The van der Waals surface area contributed by atoms with E-state index in [-0.39, 0.29) is 36.1 Å². The molecule has 2 fully saturated rings. The van der Waals surface area contributed by atoms with E-state index in [4.69, 9.17) is 4.74 Å². The maximum Gasteiger partial charge on any atom is 0.242 e. The van der Waals surface area contributed by atoms with E-state index in [0.29, 0.717) is 18.7 Å². The van der Waals surface area contributed by atoms with Crippen LogP contribution in [0.15, 0.2) is 24.3 Å². The molecule has 164 valence electrons. The highest BCUT2D eigenvalue weighted by Crippen LogP contribution is 2.27. The molecular formula is C23H33N3O4. The summed E-state index contributed by atoms with van der Waals surface area (Å²) >= 11 is 0. The molecular weight excluding hydrogens is 382 g/mol. The van der Waals surface area contributed by atoms with Crippen molar-refractivity contribution >= 4 is 23.4 Å². The zero-order valence-corrected chi connectivity index (χ0v) is 18.1. The van der Waals surface area contributed by atoms with E-state index in [9.17, 15) is 14.4 Å². The molecule has 1 saturated heterocycles. The first-order chi connectivity index (χ1) is 14.4. The molecule has 1 aromatic carbocycles. The molecule has 1 aliphatic heterocycles. The molecule has 2 aliphatic rings. The summed E-state index contributed by atoms with van der Waals surface area (Å²) in [6.07, 6.45) is 5.00. The predicted molar refractivity (Wildman–Crippen MR) is 115 cm³/mol. The molecule has 0 bridgehead atoms. The summed E-state index contributed by atoms with van der Waals surface area (Å²) in [7, 11) is 1.59. The number of nitrogens with one attached hydrogen (secondary N) is 2. The van der Waals surface area contributed by atoms with Crippen LogP contribution in [0.25, 0.3) is 0 Å². The molecule has 7 nitrogen and oxygen atoms in total. The van der Waals surface area contributed by atoms with E-state index in [1.807, 2.05) is 26.0 Å². The van der Waals surface area contributed by atoms with Gasteiger partial charge in [0.15, 0.2) is 0 Å². The molecule has 1 aliphatic carbocycles. The Bertz CT molecular complexity index is 756. The van der Waals surface area contributed by atoms with E-state index in [0.717, 1.165) is 31.4 Å². The highest BCUT2D eigenvalue weighted by atomic mass is 16.5. The van der Waals surface area contributed by atoms with E-state index in [1.54, 1.807) is 24.1 Å². The molecule has 0 aromatic heterocycles. The fourth-order valence-corrected chi connectivity index (χ4v) is 4.26. The van der Waals surface area contributed by atoms with Gasteiger partial charge < -0.3 is 20.3 Å². The summed E-state index contributed by atoms with van der Waals surface area (Å²) in [4.78, 5) is 39.8. The molecule has 0 radical (unpaired) electrons. The van der Waals surface area contributed by atoms with E-state index >= 15 is 0 Å². The number of anilines is 1. The molecule has 30 heavy (non-hydrogen) atoms. The maximum atomic E-state index is 12.9. The van der Waals surface area contributed by atoms with Crippen LogP contribution < -0.4 is 20.3 Å². The number of benzene rings is 1. The quantitative estimate of drug-likeness (QED) is 0.683. The number of amides is 3. The standard InChI is InChI=1S/C23H33N3O4/c1-15(2)12-20(23(29)24-17-6-4-5-7-17)25-22(28)16-13-21(27)26(14-16)18-8-10-19(30-3)11-9-18/h8-11,15-17,20H,4-7,12-14H2,1-3H3,(H,24,29)(H,25,28)/t16-,20+/m1/s1. The zero-order valence-electron chi connectivity index (χ0n) is 18.1. The van der Waals surface area contributed by atoms with Gasteiger partial charge in [-0.15, -0.1) is 0 Å². The Hall–Kier alpha value is -2.57. The number of ether oxygens (including phenoxy) is 1. The summed E-state index contributed by atoms with van der Waals surface area (Å²) in [5, 5.41) is 6.02. The Morgan fingerprint density at radius 3 is 2.43 bits per heavy atom. The third-order valence-corrected chi connectivity index (χ3v) is 5.92. The summed E-state index contributed by atoms with van der Waals surface area (Å²) < 4.78 is 5.16. The van der Waals surface area contributed by atoms with Crippen molar-refractivity contribution in [1.82, 2.24) is 10.6 Å². The number of rotatable bonds is 8. The van der Waals surface area contributed by atoms with Crippen LogP contribution in [0.4, 0.5) is 5.69 Å². The van der Waals surface area contributed by atoms with Crippen molar-refractivity contribution in [3.05, 3.63) is 24.3 Å². The van der Waals surface area contributed by atoms with Crippen molar-refractivity contribution in [2.75, 3.05) is 18.6 Å². The number of carbonyl (C=O) groups is 3. The van der Waals surface area contributed by atoms with Crippen molar-refractivity contribution in [3.63, 3.8) is 0 Å². The lowest BCUT2D eigenvalue weighted by Crippen LogP contribution is -2.51. The van der Waals surface area contributed by atoms with Crippen LogP contribution in [0.5, 0.6) is 5.75 Å². The SMILES string of the molecule is COc1ccc(N2C[C@H](C(=O)N[C@@H](CC(C)C)C(=O)NC3CCCC3)CC2=O)cc1. The summed E-state index contributed by atoms with van der Waals surface area (Å²) in [6.45, 7) is 4.38. The van der Waals surface area contributed by atoms with Gasteiger partial charge in [0.2, 0.25) is 17.7 Å². The van der Waals surface area contributed by atoms with Gasteiger partial charge in [-0.2, -0.15) is 0 Å². The molecule has 7 heteroatoms. The van der Waals surface area contributed by atoms with Gasteiger partial charge in [-0.05, 0) is 49.4 Å². The minimum Gasteiger partial charge on any atom is -0.497 e. The molecule has 2 atom stereocenters. The molecule has 2 N–H and O–H groups in total. The van der Waals surface area contributed by atoms with Crippen molar-refractivity contribution in [2.24, 2.45) is 11.8 Å². The Balaban J connectivity index is 1.61. The van der Waals surface area contributed by atoms with Crippen LogP contribution in [-0.4, -0.2) is 43.5 Å². The lowest BCUT2D eigenvalue weighted by molar-refractivity contribution is -0.132.